The Kier molecular flexibility index (Phi) is 4.17. The molecule has 0 spiro atoms. The first kappa shape index (κ1) is 16.2. The summed E-state index contributed by atoms with van der Waals surface area (Å²) < 4.78 is 0.305. The average Bonchev–Trinajstić information content (AvgIpc) is 2.62. The summed E-state index contributed by atoms with van der Waals surface area (Å²) in [6.45, 7) is 0. The normalized spacial score (nSPS) is 32.3. The summed E-state index contributed by atoms with van der Waals surface area (Å²) in [4.78, 5) is 13.2. The number of benzene rings is 2. The van der Waals surface area contributed by atoms with Gasteiger partial charge in [-0.15, -0.1) is 0 Å². The molecular weight excluding hydrogens is 355 g/mol. The van der Waals surface area contributed by atoms with Crippen molar-refractivity contribution >= 4 is 20.4 Å². The van der Waals surface area contributed by atoms with Crippen LogP contribution in [0.15, 0.2) is 60.7 Å². The molecule has 0 radical (unpaired) electrons. The molecule has 5 rings (SSSR count). The molecule has 2 bridgehead atoms. The van der Waals surface area contributed by atoms with Crippen molar-refractivity contribution in [2.45, 2.75) is 46.7 Å². The van der Waals surface area contributed by atoms with Gasteiger partial charge in [-0.05, 0) is 0 Å². The van der Waals surface area contributed by atoms with Crippen LogP contribution in [0.25, 0.3) is 0 Å². The summed E-state index contributed by atoms with van der Waals surface area (Å²) in [6.07, 6.45) is 3.30. The number of ketones is 1. The van der Waals surface area contributed by atoms with E-state index in [0.717, 1.165) is 6.42 Å². The molecule has 0 aliphatic heterocycles. The summed E-state index contributed by atoms with van der Waals surface area (Å²) in [5, 5.41) is 0. The van der Waals surface area contributed by atoms with Gasteiger partial charge in [0.05, 0.1) is 0 Å². The first-order valence-electron chi connectivity index (χ1n) is 8.91. The quantitative estimate of drug-likeness (QED) is 0.649. The molecule has 2 unspecified atom stereocenters. The Morgan fingerprint density at radius 1 is 0.833 bits per heavy atom. The van der Waals surface area contributed by atoms with Gasteiger partial charge in [-0.25, -0.2) is 0 Å². The molecule has 124 valence electrons. The number of carbonyl (C=O) groups is 1. The average molecular weight is 380 g/mol. The van der Waals surface area contributed by atoms with E-state index in [0.29, 0.717) is 21.8 Å². The minimum absolute atomic E-state index is 0.172. The molecule has 0 saturated heterocycles. The van der Waals surface area contributed by atoms with Crippen LogP contribution < -0.4 is 0 Å². The topological polar surface area (TPSA) is 17.1 Å². The SMILES string of the molecule is C[As](C)C12CC(=O)C([C@@H](c3ccccc3)C1)[C@H](c1ccccc1)C2. The summed E-state index contributed by atoms with van der Waals surface area (Å²) in [7, 11) is 0. The molecule has 2 aromatic rings. The van der Waals surface area contributed by atoms with Crippen molar-refractivity contribution in [3.05, 3.63) is 71.8 Å². The van der Waals surface area contributed by atoms with Crippen LogP contribution in [0.3, 0.4) is 0 Å². The van der Waals surface area contributed by atoms with Gasteiger partial charge in [0.25, 0.3) is 0 Å². The van der Waals surface area contributed by atoms with Gasteiger partial charge in [0, 0.05) is 0 Å². The van der Waals surface area contributed by atoms with Gasteiger partial charge in [-0.1, -0.05) is 0 Å². The third kappa shape index (κ3) is 2.58. The number of rotatable bonds is 3. The van der Waals surface area contributed by atoms with E-state index in [-0.39, 0.29) is 5.92 Å². The number of Topliss-reactive ketones (excluding diaryl/α,β-unsaturated/α-hetero) is 1. The van der Waals surface area contributed by atoms with Crippen LogP contribution in [0, 0.1) is 5.92 Å². The predicted octanol–water partition coefficient (Wildman–Crippen LogP) is 5.43. The molecule has 3 fully saturated rings. The summed E-state index contributed by atoms with van der Waals surface area (Å²) in [6, 6.07) is 21.6. The second kappa shape index (κ2) is 6.19. The van der Waals surface area contributed by atoms with Crippen molar-refractivity contribution in [3.8, 4) is 0 Å². The van der Waals surface area contributed by atoms with Crippen molar-refractivity contribution in [1.29, 1.82) is 0 Å². The summed E-state index contributed by atoms with van der Waals surface area (Å²) >= 11 is -1.01. The van der Waals surface area contributed by atoms with Crippen LogP contribution in [0.5, 0.6) is 0 Å². The Morgan fingerprint density at radius 3 is 1.71 bits per heavy atom. The molecule has 0 aromatic heterocycles. The summed E-state index contributed by atoms with van der Waals surface area (Å²) in [5.74, 6) is 1.51. The Bertz CT molecular complexity index is 673. The standard InChI is InChI=1S/C22H25AsO/c1-23(2)22-13-18(16-9-5-3-6-10-16)21(20(24)15-22)19(14-22)17-11-7-4-8-12-17/h3-12,18-19,21H,13-15H2,1-2H3/t18-,19+,21?,22?. The van der Waals surface area contributed by atoms with Crippen LogP contribution in [-0.4, -0.2) is 20.4 Å². The minimum atomic E-state index is -1.01. The molecule has 3 saturated carbocycles. The zero-order chi connectivity index (χ0) is 16.7. The van der Waals surface area contributed by atoms with Crippen LogP contribution in [0.1, 0.15) is 42.2 Å². The second-order valence-corrected chi connectivity index (χ2v) is 13.5. The maximum absolute atomic E-state index is 13.2. The van der Waals surface area contributed by atoms with Gasteiger partial charge in [0.2, 0.25) is 0 Å². The Labute approximate surface area is 149 Å². The van der Waals surface area contributed by atoms with Gasteiger partial charge in [-0.3, -0.25) is 0 Å². The van der Waals surface area contributed by atoms with Crippen LogP contribution in [0.2, 0.25) is 15.6 Å². The van der Waals surface area contributed by atoms with Crippen LogP contribution >= 0.6 is 0 Å². The number of carbonyl (C=O) groups excluding carboxylic acids is 1. The van der Waals surface area contributed by atoms with E-state index in [2.05, 4.69) is 72.1 Å². The first-order chi connectivity index (χ1) is 11.6. The van der Waals surface area contributed by atoms with Crippen molar-refractivity contribution in [3.63, 3.8) is 0 Å². The number of fused-ring (bicyclic) bond motifs is 3. The van der Waals surface area contributed by atoms with Crippen molar-refractivity contribution in [1.82, 2.24) is 0 Å². The van der Waals surface area contributed by atoms with E-state index >= 15 is 0 Å². The second-order valence-electron chi connectivity index (χ2n) is 7.73. The van der Waals surface area contributed by atoms with Crippen LogP contribution in [0.4, 0.5) is 0 Å². The Balaban J connectivity index is 1.81. The van der Waals surface area contributed by atoms with E-state index in [1.165, 1.54) is 24.0 Å². The Hall–Kier alpha value is -1.33. The molecule has 0 amide bonds. The Morgan fingerprint density at radius 2 is 1.29 bits per heavy atom. The molecule has 2 aromatic carbocycles. The van der Waals surface area contributed by atoms with E-state index in [1.807, 2.05) is 0 Å². The molecule has 0 heterocycles. The van der Waals surface area contributed by atoms with E-state index in [1.54, 1.807) is 0 Å². The molecule has 4 atom stereocenters. The number of hydrogen-bond acceptors (Lipinski definition) is 1. The molecule has 2 heteroatoms. The van der Waals surface area contributed by atoms with Crippen molar-refractivity contribution in [2.24, 2.45) is 5.92 Å². The van der Waals surface area contributed by atoms with E-state index in [4.69, 9.17) is 0 Å². The zero-order valence-corrected chi connectivity index (χ0v) is 16.4. The van der Waals surface area contributed by atoms with Crippen molar-refractivity contribution in [2.75, 3.05) is 0 Å². The number of hydrogen-bond donors (Lipinski definition) is 0. The van der Waals surface area contributed by atoms with Gasteiger partial charge in [0.15, 0.2) is 0 Å². The van der Waals surface area contributed by atoms with Crippen LogP contribution in [-0.2, 0) is 4.79 Å². The van der Waals surface area contributed by atoms with Gasteiger partial charge in [-0.2, -0.15) is 0 Å². The molecule has 24 heavy (non-hydrogen) atoms. The van der Waals surface area contributed by atoms with E-state index < -0.39 is 14.7 Å². The fraction of sp³-hybridized carbons (Fsp3) is 0.409. The fourth-order valence-electron chi connectivity index (χ4n) is 5.05. The maximum atomic E-state index is 13.2. The molecule has 1 nitrogen and oxygen atoms in total. The predicted molar refractivity (Wildman–Crippen MR) is 101 cm³/mol. The third-order valence-electron chi connectivity index (χ3n) is 6.35. The summed E-state index contributed by atoms with van der Waals surface area (Å²) in [5.41, 5.74) is 7.65. The monoisotopic (exact) mass is 380 g/mol. The third-order valence-corrected chi connectivity index (χ3v) is 11.4. The van der Waals surface area contributed by atoms with Gasteiger partial charge < -0.3 is 0 Å². The van der Waals surface area contributed by atoms with Gasteiger partial charge in [0.1, 0.15) is 0 Å². The molecular formula is C22H25AsO. The molecule has 3 aliphatic carbocycles. The fourth-order valence-corrected chi connectivity index (χ4v) is 8.39. The first-order valence-corrected chi connectivity index (χ1v) is 13.6. The van der Waals surface area contributed by atoms with Crippen molar-refractivity contribution < 1.29 is 4.79 Å². The molecule has 3 aliphatic rings. The molecule has 0 N–H and O–H groups in total. The zero-order valence-electron chi connectivity index (χ0n) is 14.5. The van der Waals surface area contributed by atoms with Gasteiger partial charge >= 0.3 is 150 Å². The van der Waals surface area contributed by atoms with E-state index in [9.17, 15) is 4.79 Å².